The van der Waals surface area contributed by atoms with Crippen LogP contribution in [0.1, 0.15) is 31.7 Å². The number of ether oxygens (including phenoxy) is 1. The molecule has 6 heteroatoms. The third kappa shape index (κ3) is 5.21. The normalized spacial score (nSPS) is 12.3. The van der Waals surface area contributed by atoms with Gasteiger partial charge in [0.25, 0.3) is 0 Å². The van der Waals surface area contributed by atoms with Crippen LogP contribution in [0.5, 0.6) is 5.75 Å². The molecule has 1 atom stereocenters. The maximum absolute atomic E-state index is 6.07. The Labute approximate surface area is 134 Å². The molecule has 0 radical (unpaired) electrons. The standard InChI is InChI=1S/C15H21N3OS2/c1-3-11-6-5-7-13(8-11)19-12(4-2)9-21-10-14-16-15(20)18-17-14/h5-8,12H,3-4,9-10H2,1-2H3,(H2,16,17,18,20). The van der Waals surface area contributed by atoms with Crippen molar-refractivity contribution in [2.24, 2.45) is 0 Å². The molecule has 0 aliphatic rings. The minimum atomic E-state index is 0.212. The van der Waals surface area contributed by atoms with Crippen LogP contribution in [0.15, 0.2) is 24.3 Å². The van der Waals surface area contributed by atoms with E-state index in [0.717, 1.165) is 35.9 Å². The average Bonchev–Trinajstić information content (AvgIpc) is 2.92. The van der Waals surface area contributed by atoms with Crippen molar-refractivity contribution >= 4 is 24.0 Å². The smallest absolute Gasteiger partial charge is 0.192 e. The highest BCUT2D eigenvalue weighted by Crippen LogP contribution is 2.19. The van der Waals surface area contributed by atoms with Gasteiger partial charge in [-0.25, -0.2) is 0 Å². The second-order valence-corrected chi connectivity index (χ2v) is 6.23. The molecule has 0 bridgehead atoms. The van der Waals surface area contributed by atoms with Crippen LogP contribution in [0, 0.1) is 4.77 Å². The lowest BCUT2D eigenvalue weighted by molar-refractivity contribution is 0.222. The number of rotatable bonds is 8. The van der Waals surface area contributed by atoms with Gasteiger partial charge in [0, 0.05) is 5.75 Å². The summed E-state index contributed by atoms with van der Waals surface area (Å²) in [5, 5.41) is 6.84. The van der Waals surface area contributed by atoms with Crippen LogP contribution >= 0.6 is 24.0 Å². The molecular weight excluding hydrogens is 302 g/mol. The summed E-state index contributed by atoms with van der Waals surface area (Å²) in [4.78, 5) is 3.02. The highest BCUT2D eigenvalue weighted by atomic mass is 32.2. The highest BCUT2D eigenvalue weighted by Gasteiger charge is 2.09. The Morgan fingerprint density at radius 2 is 2.24 bits per heavy atom. The summed E-state index contributed by atoms with van der Waals surface area (Å²) < 4.78 is 6.64. The molecule has 0 spiro atoms. The van der Waals surface area contributed by atoms with Gasteiger partial charge in [0.05, 0.1) is 5.75 Å². The first-order chi connectivity index (χ1) is 10.2. The summed E-state index contributed by atoms with van der Waals surface area (Å²) in [6, 6.07) is 8.33. The Morgan fingerprint density at radius 3 is 2.90 bits per heavy atom. The van der Waals surface area contributed by atoms with Crippen molar-refractivity contribution in [3.05, 3.63) is 40.4 Å². The number of benzene rings is 1. The number of nitrogens with zero attached hydrogens (tertiary/aromatic N) is 1. The van der Waals surface area contributed by atoms with E-state index in [4.69, 9.17) is 17.0 Å². The topological polar surface area (TPSA) is 53.7 Å². The minimum Gasteiger partial charge on any atom is -0.490 e. The molecule has 0 saturated heterocycles. The van der Waals surface area contributed by atoms with Gasteiger partial charge in [-0.2, -0.15) is 5.10 Å². The van der Waals surface area contributed by atoms with Crippen LogP contribution in [0.25, 0.3) is 0 Å². The molecule has 1 heterocycles. The first-order valence-corrected chi connectivity index (χ1v) is 8.74. The monoisotopic (exact) mass is 323 g/mol. The molecule has 2 N–H and O–H groups in total. The van der Waals surface area contributed by atoms with Gasteiger partial charge < -0.3 is 9.72 Å². The van der Waals surface area contributed by atoms with Crippen molar-refractivity contribution < 1.29 is 4.74 Å². The molecule has 0 saturated carbocycles. The summed E-state index contributed by atoms with van der Waals surface area (Å²) >= 11 is 6.76. The fourth-order valence-corrected chi connectivity index (χ4v) is 3.10. The molecule has 2 rings (SSSR count). The Morgan fingerprint density at radius 1 is 1.38 bits per heavy atom. The predicted octanol–water partition coefficient (Wildman–Crippen LogP) is 4.12. The Bertz CT molecular complexity index is 609. The van der Waals surface area contributed by atoms with Crippen LogP contribution in [0.2, 0.25) is 0 Å². The fourth-order valence-electron chi connectivity index (χ4n) is 1.93. The lowest BCUT2D eigenvalue weighted by Gasteiger charge is -2.17. The number of hydrogen-bond acceptors (Lipinski definition) is 4. The van der Waals surface area contributed by atoms with E-state index in [9.17, 15) is 0 Å². The van der Waals surface area contributed by atoms with Gasteiger partial charge in [-0.05, 0) is 42.8 Å². The summed E-state index contributed by atoms with van der Waals surface area (Å²) in [6.07, 6.45) is 2.23. The van der Waals surface area contributed by atoms with E-state index in [1.807, 2.05) is 6.07 Å². The van der Waals surface area contributed by atoms with Crippen molar-refractivity contribution in [1.82, 2.24) is 15.2 Å². The molecule has 4 nitrogen and oxygen atoms in total. The maximum Gasteiger partial charge on any atom is 0.192 e. The zero-order valence-electron chi connectivity index (χ0n) is 12.4. The molecule has 1 aromatic heterocycles. The lowest BCUT2D eigenvalue weighted by atomic mass is 10.1. The van der Waals surface area contributed by atoms with Crippen LogP contribution in [0.4, 0.5) is 0 Å². The van der Waals surface area contributed by atoms with Crippen LogP contribution < -0.4 is 4.74 Å². The zero-order valence-corrected chi connectivity index (χ0v) is 14.0. The van der Waals surface area contributed by atoms with Gasteiger partial charge in [-0.15, -0.1) is 11.8 Å². The van der Waals surface area contributed by atoms with Crippen molar-refractivity contribution in [3.8, 4) is 5.75 Å². The number of hydrogen-bond donors (Lipinski definition) is 2. The third-order valence-corrected chi connectivity index (χ3v) is 4.44. The molecule has 0 aliphatic heterocycles. The molecular formula is C15H21N3OS2. The minimum absolute atomic E-state index is 0.212. The molecule has 0 aliphatic carbocycles. The van der Waals surface area contributed by atoms with Crippen molar-refractivity contribution in [3.63, 3.8) is 0 Å². The Balaban J connectivity index is 1.83. The van der Waals surface area contributed by atoms with E-state index in [0.29, 0.717) is 4.77 Å². The van der Waals surface area contributed by atoms with Crippen LogP contribution in [0.3, 0.4) is 0 Å². The second kappa shape index (κ2) is 8.24. The fraction of sp³-hybridized carbons (Fsp3) is 0.467. The maximum atomic E-state index is 6.07. The molecule has 114 valence electrons. The summed E-state index contributed by atoms with van der Waals surface area (Å²) in [5.74, 6) is 3.58. The average molecular weight is 323 g/mol. The summed E-state index contributed by atoms with van der Waals surface area (Å²) in [6.45, 7) is 4.30. The number of aromatic nitrogens is 3. The van der Waals surface area contributed by atoms with Gasteiger partial charge in [0.1, 0.15) is 17.7 Å². The van der Waals surface area contributed by atoms with Crippen LogP contribution in [-0.2, 0) is 12.2 Å². The van der Waals surface area contributed by atoms with Gasteiger partial charge in [0.15, 0.2) is 4.77 Å². The molecule has 1 aromatic carbocycles. The molecule has 21 heavy (non-hydrogen) atoms. The van der Waals surface area contributed by atoms with Gasteiger partial charge in [-0.1, -0.05) is 26.0 Å². The van der Waals surface area contributed by atoms with Crippen LogP contribution in [-0.4, -0.2) is 27.0 Å². The first kappa shape index (κ1) is 16.1. The number of aryl methyl sites for hydroxylation is 1. The lowest BCUT2D eigenvalue weighted by Crippen LogP contribution is -2.18. The number of H-pyrrole nitrogens is 2. The largest absolute Gasteiger partial charge is 0.490 e. The predicted molar refractivity (Wildman–Crippen MR) is 90.5 cm³/mol. The van der Waals surface area contributed by atoms with E-state index in [2.05, 4.69) is 47.2 Å². The number of thioether (sulfide) groups is 1. The molecule has 0 fully saturated rings. The molecule has 1 unspecified atom stereocenters. The van der Waals surface area contributed by atoms with Gasteiger partial charge >= 0.3 is 0 Å². The van der Waals surface area contributed by atoms with E-state index in [1.54, 1.807) is 11.8 Å². The van der Waals surface area contributed by atoms with Crippen molar-refractivity contribution in [2.75, 3.05) is 5.75 Å². The molecule has 2 aromatic rings. The van der Waals surface area contributed by atoms with E-state index < -0.39 is 0 Å². The van der Waals surface area contributed by atoms with Crippen molar-refractivity contribution in [1.29, 1.82) is 0 Å². The third-order valence-electron chi connectivity index (χ3n) is 3.16. The first-order valence-electron chi connectivity index (χ1n) is 7.18. The highest BCUT2D eigenvalue weighted by molar-refractivity contribution is 7.98. The van der Waals surface area contributed by atoms with Crippen molar-refractivity contribution in [2.45, 2.75) is 38.5 Å². The Hall–Kier alpha value is -1.27. The van der Waals surface area contributed by atoms with E-state index in [1.165, 1.54) is 5.56 Å². The second-order valence-electron chi connectivity index (χ2n) is 4.79. The SMILES string of the molecule is CCc1cccc(OC(CC)CSCc2n[nH]c(=S)[nH]2)c1. The number of aromatic amines is 2. The van der Waals surface area contributed by atoms with E-state index >= 15 is 0 Å². The zero-order chi connectivity index (χ0) is 15.1. The molecule has 0 amide bonds. The van der Waals surface area contributed by atoms with Gasteiger partial charge in [0.2, 0.25) is 0 Å². The number of nitrogens with one attached hydrogen (secondary N) is 2. The Kier molecular flexibility index (Phi) is 6.32. The van der Waals surface area contributed by atoms with Gasteiger partial charge in [-0.3, -0.25) is 5.10 Å². The summed E-state index contributed by atoms with van der Waals surface area (Å²) in [5.41, 5.74) is 1.30. The van der Waals surface area contributed by atoms with E-state index in [-0.39, 0.29) is 6.10 Å². The quantitative estimate of drug-likeness (QED) is 0.718. The summed E-state index contributed by atoms with van der Waals surface area (Å²) in [7, 11) is 0.